The Hall–Kier alpha value is -2.41. The van der Waals surface area contributed by atoms with Gasteiger partial charge in [-0.05, 0) is 43.5 Å². The van der Waals surface area contributed by atoms with Crippen LogP contribution in [0.3, 0.4) is 0 Å². The van der Waals surface area contributed by atoms with E-state index in [0.29, 0.717) is 11.7 Å². The molecule has 0 radical (unpaired) electrons. The highest BCUT2D eigenvalue weighted by Crippen LogP contribution is 2.26. The molecular formula is C19H21N5OS. The Morgan fingerprint density at radius 2 is 2.31 bits per heavy atom. The fourth-order valence-electron chi connectivity index (χ4n) is 3.38. The van der Waals surface area contributed by atoms with Gasteiger partial charge in [-0.1, -0.05) is 17.8 Å². The van der Waals surface area contributed by atoms with Crippen LogP contribution in [0.1, 0.15) is 30.0 Å². The van der Waals surface area contributed by atoms with Crippen LogP contribution in [0.15, 0.2) is 41.9 Å². The predicted molar refractivity (Wildman–Crippen MR) is 102 cm³/mol. The van der Waals surface area contributed by atoms with Crippen molar-refractivity contribution in [3.05, 3.63) is 48.0 Å². The number of aromatic amines is 1. The van der Waals surface area contributed by atoms with Gasteiger partial charge in [-0.3, -0.25) is 4.79 Å². The molecule has 6 nitrogen and oxygen atoms in total. The predicted octanol–water partition coefficient (Wildman–Crippen LogP) is 3.16. The molecule has 134 valence electrons. The number of nitrogens with one attached hydrogen (secondary N) is 1. The number of carbonyl (C=O) groups is 1. The summed E-state index contributed by atoms with van der Waals surface area (Å²) in [5.74, 6) is 0.857. The van der Waals surface area contributed by atoms with E-state index in [1.54, 1.807) is 12.5 Å². The Kier molecular flexibility index (Phi) is 4.88. The monoisotopic (exact) mass is 367 g/mol. The number of carbonyl (C=O) groups excluding carboxylic acids is 1. The number of thioether (sulfide) groups is 1. The van der Waals surface area contributed by atoms with Crippen molar-refractivity contribution in [2.24, 2.45) is 0 Å². The number of H-pyrrole nitrogens is 1. The molecule has 3 aromatic rings. The van der Waals surface area contributed by atoms with Crippen LogP contribution in [-0.2, 0) is 4.79 Å². The summed E-state index contributed by atoms with van der Waals surface area (Å²) >= 11 is 1.47. The number of benzene rings is 1. The van der Waals surface area contributed by atoms with Gasteiger partial charge in [0.15, 0.2) is 5.16 Å². The number of imidazole rings is 1. The zero-order valence-corrected chi connectivity index (χ0v) is 15.5. The summed E-state index contributed by atoms with van der Waals surface area (Å²) < 4.78 is 0. The second-order valence-corrected chi connectivity index (χ2v) is 7.63. The van der Waals surface area contributed by atoms with Gasteiger partial charge in [-0.2, -0.15) is 0 Å². The largest absolute Gasteiger partial charge is 0.341 e. The van der Waals surface area contributed by atoms with Gasteiger partial charge < -0.3 is 9.88 Å². The Bertz CT molecular complexity index is 911. The van der Waals surface area contributed by atoms with Crippen molar-refractivity contribution in [1.82, 2.24) is 24.8 Å². The molecule has 1 amide bonds. The third-order valence-electron chi connectivity index (χ3n) is 4.75. The van der Waals surface area contributed by atoms with E-state index < -0.39 is 0 Å². The fraction of sp³-hybridized carbons (Fsp3) is 0.368. The standard InChI is InChI=1S/C19H21N5OS/c1-13-4-5-16-17(9-13)23-19(22-16)26-11-18(25)24-8-2-3-14(10-24)15-6-7-20-12-21-15/h4-7,9,12,14H,2-3,8,10-11H2,1H3,(H,22,23)/t14-/m1/s1. The highest BCUT2D eigenvalue weighted by molar-refractivity contribution is 7.99. The third kappa shape index (κ3) is 3.72. The average Bonchev–Trinajstić information content (AvgIpc) is 3.09. The molecule has 1 aromatic carbocycles. The van der Waals surface area contributed by atoms with E-state index in [1.165, 1.54) is 17.3 Å². The summed E-state index contributed by atoms with van der Waals surface area (Å²) in [5, 5.41) is 0.795. The normalized spacial score (nSPS) is 17.6. The molecule has 3 heterocycles. The Morgan fingerprint density at radius 1 is 1.38 bits per heavy atom. The van der Waals surface area contributed by atoms with Crippen LogP contribution in [0.4, 0.5) is 0 Å². The SMILES string of the molecule is Cc1ccc2nc(SCC(=O)N3CCC[C@@H](c4ccncn4)C3)[nH]c2c1. The van der Waals surface area contributed by atoms with Crippen LogP contribution in [0.25, 0.3) is 11.0 Å². The Labute approximate surface area is 156 Å². The first-order chi connectivity index (χ1) is 12.7. The van der Waals surface area contributed by atoms with Gasteiger partial charge in [0, 0.05) is 30.9 Å². The number of rotatable bonds is 4. The molecule has 4 rings (SSSR count). The molecule has 1 N–H and O–H groups in total. The van der Waals surface area contributed by atoms with Gasteiger partial charge in [0.2, 0.25) is 5.91 Å². The highest BCUT2D eigenvalue weighted by atomic mass is 32.2. The second kappa shape index (κ2) is 7.45. The van der Waals surface area contributed by atoms with E-state index in [0.717, 1.165) is 47.8 Å². The van der Waals surface area contributed by atoms with E-state index in [2.05, 4.69) is 32.9 Å². The third-order valence-corrected chi connectivity index (χ3v) is 5.60. The fourth-order valence-corrected chi connectivity index (χ4v) is 4.17. The summed E-state index contributed by atoms with van der Waals surface area (Å²) in [5.41, 5.74) is 4.17. The van der Waals surface area contributed by atoms with Crippen LogP contribution in [0, 0.1) is 6.92 Å². The lowest BCUT2D eigenvalue weighted by Crippen LogP contribution is -2.40. The average molecular weight is 367 g/mol. The number of aryl methyl sites for hydroxylation is 1. The molecule has 1 saturated heterocycles. The maximum atomic E-state index is 12.6. The number of piperidine rings is 1. The molecule has 0 saturated carbocycles. The zero-order chi connectivity index (χ0) is 17.9. The van der Waals surface area contributed by atoms with Crippen molar-refractivity contribution in [3.63, 3.8) is 0 Å². The molecule has 26 heavy (non-hydrogen) atoms. The van der Waals surface area contributed by atoms with Crippen molar-refractivity contribution in [3.8, 4) is 0 Å². The minimum Gasteiger partial charge on any atom is -0.341 e. The van der Waals surface area contributed by atoms with Crippen LogP contribution in [0.2, 0.25) is 0 Å². The molecule has 0 aliphatic carbocycles. The van der Waals surface area contributed by atoms with E-state index in [-0.39, 0.29) is 5.91 Å². The summed E-state index contributed by atoms with van der Waals surface area (Å²) in [6.07, 6.45) is 5.42. The molecule has 7 heteroatoms. The first-order valence-electron chi connectivity index (χ1n) is 8.82. The summed E-state index contributed by atoms with van der Waals surface area (Å²) in [6, 6.07) is 8.07. The first kappa shape index (κ1) is 17.0. The van der Waals surface area contributed by atoms with E-state index in [1.807, 2.05) is 23.1 Å². The van der Waals surface area contributed by atoms with Crippen LogP contribution >= 0.6 is 11.8 Å². The van der Waals surface area contributed by atoms with E-state index >= 15 is 0 Å². The van der Waals surface area contributed by atoms with Crippen molar-refractivity contribution < 1.29 is 4.79 Å². The van der Waals surface area contributed by atoms with Gasteiger partial charge in [0.1, 0.15) is 6.33 Å². The Morgan fingerprint density at radius 3 is 3.15 bits per heavy atom. The van der Waals surface area contributed by atoms with Gasteiger partial charge in [-0.25, -0.2) is 15.0 Å². The van der Waals surface area contributed by atoms with Crippen LogP contribution in [0.5, 0.6) is 0 Å². The number of likely N-dealkylation sites (tertiary alicyclic amines) is 1. The lowest BCUT2D eigenvalue weighted by atomic mass is 9.94. The van der Waals surface area contributed by atoms with Gasteiger partial charge in [0.25, 0.3) is 0 Å². The summed E-state index contributed by atoms with van der Waals surface area (Å²) in [7, 11) is 0. The van der Waals surface area contributed by atoms with Gasteiger partial charge >= 0.3 is 0 Å². The van der Waals surface area contributed by atoms with Gasteiger partial charge in [-0.15, -0.1) is 0 Å². The van der Waals surface area contributed by atoms with E-state index in [4.69, 9.17) is 0 Å². The number of amides is 1. The summed E-state index contributed by atoms with van der Waals surface area (Å²) in [4.78, 5) is 30.8. The number of hydrogen-bond donors (Lipinski definition) is 1. The van der Waals surface area contributed by atoms with Crippen LogP contribution in [-0.4, -0.2) is 49.6 Å². The van der Waals surface area contributed by atoms with Crippen LogP contribution < -0.4 is 0 Å². The molecule has 0 spiro atoms. The maximum Gasteiger partial charge on any atom is 0.233 e. The van der Waals surface area contributed by atoms with Crippen molar-refractivity contribution in [2.45, 2.75) is 30.8 Å². The lowest BCUT2D eigenvalue weighted by molar-refractivity contribution is -0.129. The Balaban J connectivity index is 1.38. The molecule has 1 aliphatic heterocycles. The zero-order valence-electron chi connectivity index (χ0n) is 14.7. The minimum absolute atomic E-state index is 0.158. The van der Waals surface area contributed by atoms with Crippen molar-refractivity contribution in [2.75, 3.05) is 18.8 Å². The van der Waals surface area contributed by atoms with Crippen molar-refractivity contribution >= 4 is 28.7 Å². The van der Waals surface area contributed by atoms with Crippen molar-refractivity contribution in [1.29, 1.82) is 0 Å². The quantitative estimate of drug-likeness (QED) is 0.717. The topological polar surface area (TPSA) is 74.8 Å². The minimum atomic E-state index is 0.158. The lowest BCUT2D eigenvalue weighted by Gasteiger charge is -2.32. The van der Waals surface area contributed by atoms with Gasteiger partial charge in [0.05, 0.1) is 16.8 Å². The molecule has 1 aliphatic rings. The molecule has 1 fully saturated rings. The first-order valence-corrected chi connectivity index (χ1v) is 9.80. The molecule has 2 aromatic heterocycles. The number of hydrogen-bond acceptors (Lipinski definition) is 5. The highest BCUT2D eigenvalue weighted by Gasteiger charge is 2.25. The maximum absolute atomic E-state index is 12.6. The smallest absolute Gasteiger partial charge is 0.233 e. The molecule has 1 atom stereocenters. The molecule has 0 bridgehead atoms. The van der Waals surface area contributed by atoms with E-state index in [9.17, 15) is 4.79 Å². The number of aromatic nitrogens is 4. The number of nitrogens with zero attached hydrogens (tertiary/aromatic N) is 4. The molecule has 0 unspecified atom stereocenters. The summed E-state index contributed by atoms with van der Waals surface area (Å²) in [6.45, 7) is 3.61. The second-order valence-electron chi connectivity index (χ2n) is 6.66. The molecular weight excluding hydrogens is 346 g/mol. The number of fused-ring (bicyclic) bond motifs is 1.